The maximum Gasteiger partial charge on any atom is 0.306 e. The van der Waals surface area contributed by atoms with Gasteiger partial charge in [-0.05, 0) is 109 Å². The van der Waals surface area contributed by atoms with Gasteiger partial charge in [0, 0.05) is 38.3 Å². The van der Waals surface area contributed by atoms with Gasteiger partial charge in [-0.3, -0.25) is 14.4 Å². The summed E-state index contributed by atoms with van der Waals surface area (Å²) in [6.45, 7) is 12.7. The number of ether oxygens (including phenoxy) is 2. The molecule has 0 spiro atoms. The Kier molecular flexibility index (Phi) is 48.0. The molecule has 0 aromatic carbocycles. The van der Waals surface area contributed by atoms with Crippen LogP contribution in [0.25, 0.3) is 0 Å². The van der Waals surface area contributed by atoms with E-state index in [0.717, 1.165) is 103 Å². The number of carbonyl (C=O) groups is 3. The van der Waals surface area contributed by atoms with Gasteiger partial charge in [-0.2, -0.15) is 0 Å². The third-order valence-electron chi connectivity index (χ3n) is 14.8. The van der Waals surface area contributed by atoms with E-state index in [9.17, 15) is 19.5 Å². The number of unbranched alkanes of at least 4 members (excludes halogenated alkanes) is 29. The predicted molar refractivity (Wildman–Crippen MR) is 301 cm³/mol. The first-order valence-corrected chi connectivity index (χ1v) is 31.0. The Bertz CT molecular complexity index is 1280. The van der Waals surface area contributed by atoms with E-state index in [-0.39, 0.29) is 23.9 Å². The number of aliphatic hydroxyl groups is 1. The van der Waals surface area contributed by atoms with E-state index in [1.54, 1.807) is 18.5 Å². The monoisotopic (exact) mass is 1000 g/mol. The molecule has 0 fully saturated rings. The van der Waals surface area contributed by atoms with Gasteiger partial charge in [0.05, 0.1) is 18.3 Å². The molecule has 3 N–H and O–H groups in total. The number of nitrogens with zero attached hydrogens (tertiary/aromatic N) is 1. The van der Waals surface area contributed by atoms with Crippen molar-refractivity contribution in [2.24, 2.45) is 5.92 Å². The molecule has 2 atom stereocenters. The van der Waals surface area contributed by atoms with E-state index in [0.29, 0.717) is 50.4 Å². The lowest BCUT2D eigenvalue weighted by Gasteiger charge is -2.25. The Morgan fingerprint density at radius 1 is 0.521 bits per heavy atom. The highest BCUT2D eigenvalue weighted by Gasteiger charge is 2.17. The number of hydrogen-bond donors (Lipinski definition) is 3. The summed E-state index contributed by atoms with van der Waals surface area (Å²) < 4.78 is 12.0. The number of nitrogens with one attached hydrogen (secondary N) is 2. The van der Waals surface area contributed by atoms with Crippen LogP contribution in [0, 0.1) is 5.92 Å². The highest BCUT2D eigenvalue weighted by molar-refractivity contribution is 5.93. The molecule has 0 saturated heterocycles. The fraction of sp³-hybridized carbons (Fsp3) is 0.887. The molecule has 1 aromatic heterocycles. The summed E-state index contributed by atoms with van der Waals surface area (Å²) in [5.74, 6) is 0.367. The number of H-pyrrole nitrogens is 1. The standard InChI is InChI=1S/C62H117N3O6/c1-5-9-13-17-21-22-25-32-42-56(41-31-24-18-14-10-6-2)55-70-60(67)46-36-30-40-52-65(54-58(66)43-37-38-49-64-62(69)57-48-50-63-53-57)51-39-29-23-28-35-47-61(68)71-59(44-33-26-19-15-11-7-3)45-34-27-20-16-12-8-4/h48,50,53,56,58-59,63,66H,5-47,49,51-52,54-55H2,1-4H3,(H,64,69). The van der Waals surface area contributed by atoms with Crippen molar-refractivity contribution in [3.63, 3.8) is 0 Å². The van der Waals surface area contributed by atoms with E-state index in [1.807, 2.05) is 0 Å². The van der Waals surface area contributed by atoms with E-state index >= 15 is 0 Å². The molecule has 0 aliphatic heterocycles. The van der Waals surface area contributed by atoms with Gasteiger partial charge in [0.15, 0.2) is 0 Å². The largest absolute Gasteiger partial charge is 0.465 e. The Labute approximate surface area is 439 Å². The van der Waals surface area contributed by atoms with Gasteiger partial charge < -0.3 is 29.8 Å². The normalized spacial score (nSPS) is 12.5. The summed E-state index contributed by atoms with van der Waals surface area (Å²) in [4.78, 5) is 43.6. The van der Waals surface area contributed by atoms with E-state index < -0.39 is 6.10 Å². The summed E-state index contributed by atoms with van der Waals surface area (Å²) in [6.07, 6.45) is 52.5. The van der Waals surface area contributed by atoms with E-state index in [4.69, 9.17) is 9.47 Å². The van der Waals surface area contributed by atoms with Crippen molar-refractivity contribution in [3.8, 4) is 0 Å². The van der Waals surface area contributed by atoms with Crippen molar-refractivity contribution in [1.82, 2.24) is 15.2 Å². The van der Waals surface area contributed by atoms with Crippen LogP contribution in [0.1, 0.15) is 314 Å². The minimum atomic E-state index is -0.419. The summed E-state index contributed by atoms with van der Waals surface area (Å²) >= 11 is 0. The van der Waals surface area contributed by atoms with Gasteiger partial charge in [0.1, 0.15) is 6.10 Å². The number of aromatic amines is 1. The number of amides is 1. The molecule has 0 saturated carbocycles. The van der Waals surface area contributed by atoms with Crippen LogP contribution in [0.15, 0.2) is 18.5 Å². The third kappa shape index (κ3) is 43.7. The maximum atomic E-state index is 13.0. The van der Waals surface area contributed by atoms with Crippen LogP contribution in [0.2, 0.25) is 0 Å². The maximum absolute atomic E-state index is 13.0. The second-order valence-corrected chi connectivity index (χ2v) is 21.7. The van der Waals surface area contributed by atoms with Gasteiger partial charge >= 0.3 is 11.9 Å². The van der Waals surface area contributed by atoms with Crippen LogP contribution >= 0.6 is 0 Å². The average Bonchev–Trinajstić information content (AvgIpc) is 3.92. The van der Waals surface area contributed by atoms with E-state index in [2.05, 4.69) is 42.9 Å². The van der Waals surface area contributed by atoms with Crippen LogP contribution in [0.3, 0.4) is 0 Å². The van der Waals surface area contributed by atoms with Gasteiger partial charge in [-0.25, -0.2) is 0 Å². The van der Waals surface area contributed by atoms with Crippen LogP contribution in [-0.2, 0) is 19.1 Å². The first-order valence-electron chi connectivity index (χ1n) is 31.0. The third-order valence-corrected chi connectivity index (χ3v) is 14.8. The lowest BCUT2D eigenvalue weighted by Crippen LogP contribution is -2.34. The molecule has 71 heavy (non-hydrogen) atoms. The molecular weight excluding hydrogens is 883 g/mol. The van der Waals surface area contributed by atoms with E-state index in [1.165, 1.54) is 167 Å². The molecule has 1 aromatic rings. The zero-order chi connectivity index (χ0) is 51.5. The highest BCUT2D eigenvalue weighted by atomic mass is 16.5. The summed E-state index contributed by atoms with van der Waals surface area (Å²) in [7, 11) is 0. The molecule has 9 nitrogen and oxygen atoms in total. The lowest BCUT2D eigenvalue weighted by molar-refractivity contribution is -0.150. The highest BCUT2D eigenvalue weighted by Crippen LogP contribution is 2.22. The molecule has 2 unspecified atom stereocenters. The van der Waals surface area contributed by atoms with Crippen molar-refractivity contribution in [1.29, 1.82) is 0 Å². The second kappa shape index (κ2) is 51.1. The van der Waals surface area contributed by atoms with Gasteiger partial charge in [-0.15, -0.1) is 0 Å². The summed E-state index contributed by atoms with van der Waals surface area (Å²) in [6, 6.07) is 1.77. The molecule has 1 rings (SSSR count). The Hall–Kier alpha value is -2.39. The van der Waals surface area contributed by atoms with Gasteiger partial charge in [0.25, 0.3) is 5.91 Å². The Morgan fingerprint density at radius 2 is 0.944 bits per heavy atom. The van der Waals surface area contributed by atoms with Crippen LogP contribution in [0.4, 0.5) is 0 Å². The Balaban J connectivity index is 2.55. The molecule has 0 bridgehead atoms. The Morgan fingerprint density at radius 3 is 1.44 bits per heavy atom. The lowest BCUT2D eigenvalue weighted by atomic mass is 9.94. The zero-order valence-electron chi connectivity index (χ0n) is 47.3. The molecule has 0 radical (unpaired) electrons. The molecule has 9 heteroatoms. The minimum absolute atomic E-state index is 0.00907. The molecule has 1 amide bonds. The van der Waals surface area contributed by atoms with Crippen LogP contribution in [-0.4, -0.2) is 77.8 Å². The van der Waals surface area contributed by atoms with Crippen molar-refractivity contribution in [2.75, 3.05) is 32.8 Å². The number of rotatable bonds is 55. The molecule has 1 heterocycles. The fourth-order valence-corrected chi connectivity index (χ4v) is 10.1. The van der Waals surface area contributed by atoms with Crippen molar-refractivity contribution in [2.45, 2.75) is 316 Å². The zero-order valence-corrected chi connectivity index (χ0v) is 47.3. The molecule has 0 aliphatic carbocycles. The number of aromatic nitrogens is 1. The molecular formula is C62H117N3O6. The van der Waals surface area contributed by atoms with Gasteiger partial charge in [0.2, 0.25) is 0 Å². The molecule has 416 valence electrons. The first kappa shape index (κ1) is 66.6. The van der Waals surface area contributed by atoms with Crippen LogP contribution < -0.4 is 5.32 Å². The smallest absolute Gasteiger partial charge is 0.306 e. The number of carbonyl (C=O) groups excluding carboxylic acids is 3. The van der Waals surface area contributed by atoms with Crippen molar-refractivity contribution < 1.29 is 29.0 Å². The number of aliphatic hydroxyl groups excluding tert-OH is 1. The van der Waals surface area contributed by atoms with Crippen LogP contribution in [0.5, 0.6) is 0 Å². The second-order valence-electron chi connectivity index (χ2n) is 21.7. The van der Waals surface area contributed by atoms with Gasteiger partial charge in [-0.1, -0.05) is 207 Å². The summed E-state index contributed by atoms with van der Waals surface area (Å²) in [5.41, 5.74) is 0.637. The topological polar surface area (TPSA) is 121 Å². The number of esters is 2. The SMILES string of the molecule is CCCCCCCCCCC(CCCCCCCC)COC(=O)CCCCCN(CCCCCCCC(=O)OC(CCCCCCCC)CCCCCCCC)CC(O)CCCCNC(=O)c1cc[nH]c1. The average molecular weight is 1000 g/mol. The quantitative estimate of drug-likeness (QED) is 0.0439. The number of hydrogen-bond acceptors (Lipinski definition) is 7. The molecule has 0 aliphatic rings. The minimum Gasteiger partial charge on any atom is -0.465 e. The fourth-order valence-electron chi connectivity index (χ4n) is 10.1. The predicted octanol–water partition coefficient (Wildman–Crippen LogP) is 17.3. The first-order chi connectivity index (χ1) is 34.8. The van der Waals surface area contributed by atoms with Crippen molar-refractivity contribution in [3.05, 3.63) is 24.0 Å². The summed E-state index contributed by atoms with van der Waals surface area (Å²) in [5, 5.41) is 14.1. The van der Waals surface area contributed by atoms with Crippen molar-refractivity contribution >= 4 is 17.8 Å².